The third-order valence-corrected chi connectivity index (χ3v) is 3.98. The highest BCUT2D eigenvalue weighted by molar-refractivity contribution is 5.85. The van der Waals surface area contributed by atoms with Gasteiger partial charge in [0.25, 0.3) is 5.92 Å². The van der Waals surface area contributed by atoms with Crippen LogP contribution in [0.1, 0.15) is 30.3 Å². The fourth-order valence-corrected chi connectivity index (χ4v) is 2.71. The van der Waals surface area contributed by atoms with E-state index in [2.05, 4.69) is 15.7 Å². The molecule has 2 N–H and O–H groups in total. The highest BCUT2D eigenvalue weighted by Gasteiger charge is 2.42. The van der Waals surface area contributed by atoms with E-state index in [4.69, 9.17) is 0 Å². The van der Waals surface area contributed by atoms with Gasteiger partial charge in [-0.05, 0) is 32.8 Å². The van der Waals surface area contributed by atoms with Crippen molar-refractivity contribution in [2.45, 2.75) is 51.6 Å². The predicted octanol–water partition coefficient (Wildman–Crippen LogP) is 1.50. The molecule has 2 atom stereocenters. The second-order valence-electron chi connectivity index (χ2n) is 5.88. The third kappa shape index (κ3) is 4.16. The topological polar surface area (TPSA) is 59.0 Å². The molecule has 2 unspecified atom stereocenters. The van der Waals surface area contributed by atoms with Crippen molar-refractivity contribution in [3.63, 3.8) is 0 Å². The van der Waals surface area contributed by atoms with Gasteiger partial charge in [-0.3, -0.25) is 14.8 Å². The van der Waals surface area contributed by atoms with Crippen molar-refractivity contribution < 1.29 is 13.6 Å². The zero-order valence-corrected chi connectivity index (χ0v) is 14.1. The van der Waals surface area contributed by atoms with E-state index in [1.807, 2.05) is 27.8 Å². The number of nitrogens with zero attached hydrogens (tertiary/aromatic N) is 2. The molecule has 0 radical (unpaired) electrons. The lowest BCUT2D eigenvalue weighted by atomic mass is 10.0. The van der Waals surface area contributed by atoms with Crippen LogP contribution in [0.15, 0.2) is 0 Å². The molecule has 8 heteroatoms. The molecule has 0 bridgehead atoms. The van der Waals surface area contributed by atoms with Crippen molar-refractivity contribution in [1.82, 2.24) is 20.4 Å². The summed E-state index contributed by atoms with van der Waals surface area (Å²) < 4.78 is 28.0. The van der Waals surface area contributed by atoms with Crippen LogP contribution < -0.4 is 10.6 Å². The minimum Gasteiger partial charge on any atom is -0.352 e. The number of nitrogens with one attached hydrogen (secondary N) is 2. The fourth-order valence-electron chi connectivity index (χ4n) is 2.71. The van der Waals surface area contributed by atoms with Crippen LogP contribution in [-0.2, 0) is 18.3 Å². The molecule has 2 heterocycles. The van der Waals surface area contributed by atoms with E-state index in [0.29, 0.717) is 6.42 Å². The molecule has 22 heavy (non-hydrogen) atoms. The Morgan fingerprint density at radius 2 is 2.18 bits per heavy atom. The van der Waals surface area contributed by atoms with E-state index in [9.17, 15) is 13.6 Å². The van der Waals surface area contributed by atoms with Crippen LogP contribution in [0, 0.1) is 13.8 Å². The van der Waals surface area contributed by atoms with Crippen LogP contribution >= 0.6 is 12.4 Å². The smallest absolute Gasteiger partial charge is 0.262 e. The van der Waals surface area contributed by atoms with Crippen LogP contribution in [0.2, 0.25) is 0 Å². The van der Waals surface area contributed by atoms with E-state index in [0.717, 1.165) is 17.0 Å². The Hall–Kier alpha value is -1.21. The maximum atomic E-state index is 13.1. The van der Waals surface area contributed by atoms with E-state index >= 15 is 0 Å². The molecule has 126 valence electrons. The first kappa shape index (κ1) is 18.8. The average Bonchev–Trinajstić information content (AvgIpc) is 2.84. The normalized spacial score (nSPS) is 21.3. The Labute approximate surface area is 135 Å². The summed E-state index contributed by atoms with van der Waals surface area (Å²) in [5, 5.41) is 9.70. The van der Waals surface area contributed by atoms with E-state index in [1.165, 1.54) is 0 Å². The van der Waals surface area contributed by atoms with Gasteiger partial charge < -0.3 is 5.32 Å². The molecule has 0 saturated carbocycles. The molecule has 1 aromatic heterocycles. The number of amides is 1. The number of alkyl halides is 2. The minimum atomic E-state index is -2.79. The minimum absolute atomic E-state index is 0. The van der Waals surface area contributed by atoms with Gasteiger partial charge in [-0.15, -0.1) is 12.4 Å². The lowest BCUT2D eigenvalue weighted by molar-refractivity contribution is -0.124. The quantitative estimate of drug-likeness (QED) is 0.876. The molecule has 0 spiro atoms. The number of carbonyl (C=O) groups is 1. The summed E-state index contributed by atoms with van der Waals surface area (Å²) >= 11 is 0. The van der Waals surface area contributed by atoms with Crippen LogP contribution in [0.3, 0.4) is 0 Å². The van der Waals surface area contributed by atoms with Gasteiger partial charge in [0.2, 0.25) is 5.91 Å². The van der Waals surface area contributed by atoms with Crippen molar-refractivity contribution in [1.29, 1.82) is 0 Å². The van der Waals surface area contributed by atoms with E-state index in [-0.39, 0.29) is 24.4 Å². The first-order valence-corrected chi connectivity index (χ1v) is 7.10. The molecule has 1 aliphatic rings. The summed E-state index contributed by atoms with van der Waals surface area (Å²) in [4.78, 5) is 12.0. The van der Waals surface area contributed by atoms with Gasteiger partial charge in [0.1, 0.15) is 0 Å². The first-order valence-electron chi connectivity index (χ1n) is 7.10. The number of halogens is 3. The van der Waals surface area contributed by atoms with Crippen molar-refractivity contribution in [3.8, 4) is 0 Å². The number of rotatable bonds is 4. The maximum absolute atomic E-state index is 13.1. The Morgan fingerprint density at radius 3 is 2.64 bits per heavy atom. The molecule has 1 saturated heterocycles. The summed E-state index contributed by atoms with van der Waals surface area (Å²) in [5.74, 6) is -3.15. The molecule has 0 aromatic carbocycles. The lowest BCUT2D eigenvalue weighted by Crippen LogP contribution is -2.45. The molecule has 5 nitrogen and oxygen atoms in total. The Morgan fingerprint density at radius 1 is 1.55 bits per heavy atom. The molecule has 1 fully saturated rings. The zero-order valence-electron chi connectivity index (χ0n) is 13.2. The van der Waals surface area contributed by atoms with Gasteiger partial charge in [-0.1, -0.05) is 0 Å². The Bertz CT molecular complexity index is 547. The molecule has 2 rings (SSSR count). The van der Waals surface area contributed by atoms with Gasteiger partial charge in [-0.25, -0.2) is 8.78 Å². The van der Waals surface area contributed by atoms with Crippen LogP contribution in [0.25, 0.3) is 0 Å². The van der Waals surface area contributed by atoms with Crippen molar-refractivity contribution in [3.05, 3.63) is 17.0 Å². The number of hydrogen-bond donors (Lipinski definition) is 2. The molecule has 0 aliphatic carbocycles. The Balaban J connectivity index is 0.00000242. The molecular formula is C14H23ClF2N4O. The number of aryl methyl sites for hydroxylation is 2. The fraction of sp³-hybridized carbons (Fsp3) is 0.714. The second kappa shape index (κ2) is 6.91. The first-order chi connectivity index (χ1) is 9.69. The summed E-state index contributed by atoms with van der Waals surface area (Å²) in [6.07, 6.45) is 0.205. The highest BCUT2D eigenvalue weighted by Crippen LogP contribution is 2.25. The van der Waals surface area contributed by atoms with Crippen molar-refractivity contribution in [2.75, 3.05) is 6.54 Å². The van der Waals surface area contributed by atoms with Crippen LogP contribution in [-0.4, -0.2) is 40.2 Å². The lowest BCUT2D eigenvalue weighted by Gasteiger charge is -2.17. The average molecular weight is 337 g/mol. The summed E-state index contributed by atoms with van der Waals surface area (Å²) in [5.41, 5.74) is 3.08. The number of carbonyl (C=O) groups excluding carboxylic acids is 1. The third-order valence-electron chi connectivity index (χ3n) is 3.98. The zero-order chi connectivity index (χ0) is 15.8. The SMILES string of the molecule is Cc1nn(C)c(C)c1CC(C)NC(=O)C1CC(F)(F)CN1.Cl. The summed E-state index contributed by atoms with van der Waals surface area (Å²) in [6, 6.07) is -0.936. The molecule has 1 amide bonds. The second-order valence-corrected chi connectivity index (χ2v) is 5.88. The largest absolute Gasteiger partial charge is 0.352 e. The maximum Gasteiger partial charge on any atom is 0.262 e. The van der Waals surface area contributed by atoms with Crippen LogP contribution in [0.5, 0.6) is 0 Å². The summed E-state index contributed by atoms with van der Waals surface area (Å²) in [6.45, 7) is 5.34. The van der Waals surface area contributed by atoms with Crippen LogP contribution in [0.4, 0.5) is 8.78 Å². The number of hydrogen-bond acceptors (Lipinski definition) is 3. The van der Waals surface area contributed by atoms with E-state index in [1.54, 1.807) is 4.68 Å². The Kier molecular flexibility index (Phi) is 5.92. The molecule has 1 aliphatic heterocycles. The van der Waals surface area contributed by atoms with Gasteiger partial charge in [0, 0.05) is 25.2 Å². The van der Waals surface area contributed by atoms with Crippen molar-refractivity contribution in [2.24, 2.45) is 7.05 Å². The summed E-state index contributed by atoms with van der Waals surface area (Å²) in [7, 11) is 1.87. The molecular weight excluding hydrogens is 314 g/mol. The van der Waals surface area contributed by atoms with Crippen molar-refractivity contribution >= 4 is 18.3 Å². The van der Waals surface area contributed by atoms with Gasteiger partial charge in [0.15, 0.2) is 0 Å². The highest BCUT2D eigenvalue weighted by atomic mass is 35.5. The van der Waals surface area contributed by atoms with Gasteiger partial charge in [-0.2, -0.15) is 5.10 Å². The predicted molar refractivity (Wildman–Crippen MR) is 82.6 cm³/mol. The standard InChI is InChI=1S/C14H22F2N4O.ClH/c1-8(5-11-9(2)19-20(4)10(11)3)18-13(21)12-6-14(15,16)7-17-12;/h8,12,17H,5-7H2,1-4H3,(H,18,21);1H. The van der Waals surface area contributed by atoms with E-state index < -0.39 is 24.9 Å². The monoisotopic (exact) mass is 336 g/mol. The van der Waals surface area contributed by atoms with Gasteiger partial charge in [0.05, 0.1) is 18.3 Å². The van der Waals surface area contributed by atoms with Gasteiger partial charge >= 0.3 is 0 Å². The number of aromatic nitrogens is 2. The molecule has 1 aromatic rings.